The van der Waals surface area contributed by atoms with Gasteiger partial charge in [0, 0.05) is 0 Å². The monoisotopic (exact) mass is 198 g/mol. The Labute approximate surface area is 92.1 Å². The molecule has 0 spiro atoms. The van der Waals surface area contributed by atoms with Crippen LogP contribution in [-0.4, -0.2) is 0 Å². The second kappa shape index (κ2) is 29.4. The first-order chi connectivity index (χ1) is 6.83. The minimum atomic E-state index is 1.36. The van der Waals surface area contributed by atoms with Crippen LogP contribution in [0, 0.1) is 0 Å². The molecule has 0 rings (SSSR count). The van der Waals surface area contributed by atoms with E-state index in [0.717, 1.165) is 0 Å². The van der Waals surface area contributed by atoms with E-state index in [2.05, 4.69) is 13.8 Å². The van der Waals surface area contributed by atoms with Crippen LogP contribution in [0.2, 0.25) is 0 Å². The van der Waals surface area contributed by atoms with Crippen molar-refractivity contribution in [1.82, 2.24) is 0 Å². The van der Waals surface area contributed by atoms with Crippen LogP contribution in [0.25, 0.3) is 0 Å². The summed E-state index contributed by atoms with van der Waals surface area (Å²) in [6.07, 6.45) is 13.5. The van der Waals surface area contributed by atoms with E-state index in [1.54, 1.807) is 0 Å². The van der Waals surface area contributed by atoms with Gasteiger partial charge in [0.2, 0.25) is 0 Å². The normalized spacial score (nSPS) is 9.29. The molecule has 0 aliphatic carbocycles. The van der Waals surface area contributed by atoms with E-state index in [-0.39, 0.29) is 0 Å². The lowest BCUT2D eigenvalue weighted by molar-refractivity contribution is 0.702. The Balaban J connectivity index is -0.000000147. The van der Waals surface area contributed by atoms with Crippen LogP contribution in [0.4, 0.5) is 0 Å². The van der Waals surface area contributed by atoms with E-state index in [1.165, 1.54) is 25.7 Å². The first kappa shape index (κ1) is 19.1. The molecule has 0 saturated heterocycles. The predicted molar refractivity (Wildman–Crippen MR) is 70.8 cm³/mol. The van der Waals surface area contributed by atoms with Crippen molar-refractivity contribution >= 4 is 0 Å². The average molecular weight is 198 g/mol. The molecule has 0 heterocycles. The number of rotatable bonds is 4. The lowest BCUT2D eigenvalue weighted by atomic mass is 10.2. The molecule has 0 aromatic carbocycles. The molecule has 14 heavy (non-hydrogen) atoms. The number of hydrogen-bond donors (Lipinski definition) is 0. The zero-order valence-corrected chi connectivity index (χ0v) is 11.1. The first-order valence-electron chi connectivity index (χ1n) is 6.07. The van der Waals surface area contributed by atoms with Crippen molar-refractivity contribution in [2.45, 2.75) is 67.2 Å². The molecular formula is C14H30. The number of unbranched alkanes of at least 4 members (excludes halogenated alkanes) is 3. The summed E-state index contributed by atoms with van der Waals surface area (Å²) in [5.41, 5.74) is 0. The molecule has 0 aliphatic rings. The van der Waals surface area contributed by atoms with E-state index < -0.39 is 0 Å². The van der Waals surface area contributed by atoms with Crippen LogP contribution in [0.5, 0.6) is 0 Å². The SMILES string of the molecule is C/C=C/C=C/C.CC.CCCCCC. The van der Waals surface area contributed by atoms with Gasteiger partial charge in [0.15, 0.2) is 0 Å². The van der Waals surface area contributed by atoms with Crippen molar-refractivity contribution in [3.8, 4) is 0 Å². The fourth-order valence-corrected chi connectivity index (χ4v) is 0.722. The maximum absolute atomic E-state index is 2.23. The fraction of sp³-hybridized carbons (Fsp3) is 0.714. The second-order valence-electron chi connectivity index (χ2n) is 2.76. The van der Waals surface area contributed by atoms with Crippen LogP contribution in [0.15, 0.2) is 24.3 Å². The molecule has 0 amide bonds. The maximum atomic E-state index is 2.23. The minimum absolute atomic E-state index is 1.36. The lowest BCUT2D eigenvalue weighted by Gasteiger charge is -1.86. The summed E-state index contributed by atoms with van der Waals surface area (Å²) in [6, 6.07) is 0. The molecule has 0 aliphatic heterocycles. The first-order valence-corrected chi connectivity index (χ1v) is 6.07. The van der Waals surface area contributed by atoms with Crippen molar-refractivity contribution < 1.29 is 0 Å². The maximum Gasteiger partial charge on any atom is -0.0467 e. The van der Waals surface area contributed by atoms with Gasteiger partial charge in [-0.05, 0) is 13.8 Å². The van der Waals surface area contributed by atoms with Gasteiger partial charge in [-0.2, -0.15) is 0 Å². The Hall–Kier alpha value is -0.520. The van der Waals surface area contributed by atoms with Gasteiger partial charge in [0.05, 0.1) is 0 Å². The Morgan fingerprint density at radius 3 is 1.14 bits per heavy atom. The zero-order chi connectivity index (χ0) is 11.7. The van der Waals surface area contributed by atoms with E-state index in [0.29, 0.717) is 0 Å². The Kier molecular flexibility index (Phi) is 40.1. The summed E-state index contributed by atoms with van der Waals surface area (Å²) in [6.45, 7) is 12.5. The Bertz CT molecular complexity index is 84.6. The molecular weight excluding hydrogens is 168 g/mol. The Morgan fingerprint density at radius 2 is 1.00 bits per heavy atom. The second-order valence-corrected chi connectivity index (χ2v) is 2.76. The molecule has 0 aromatic rings. The van der Waals surface area contributed by atoms with Gasteiger partial charge in [-0.3, -0.25) is 0 Å². The van der Waals surface area contributed by atoms with Crippen molar-refractivity contribution in [3.63, 3.8) is 0 Å². The van der Waals surface area contributed by atoms with Crippen molar-refractivity contribution in [2.75, 3.05) is 0 Å². The molecule has 86 valence electrons. The summed E-state index contributed by atoms with van der Waals surface area (Å²) in [5, 5.41) is 0. The van der Waals surface area contributed by atoms with Gasteiger partial charge in [-0.25, -0.2) is 0 Å². The van der Waals surface area contributed by atoms with Crippen LogP contribution >= 0.6 is 0 Å². The van der Waals surface area contributed by atoms with Gasteiger partial charge in [-0.1, -0.05) is 77.7 Å². The summed E-state index contributed by atoms with van der Waals surface area (Å²) >= 11 is 0. The molecule has 0 radical (unpaired) electrons. The van der Waals surface area contributed by atoms with Gasteiger partial charge in [0.25, 0.3) is 0 Å². The summed E-state index contributed by atoms with van der Waals surface area (Å²) in [7, 11) is 0. The van der Waals surface area contributed by atoms with Crippen LogP contribution in [0.3, 0.4) is 0 Å². The highest BCUT2D eigenvalue weighted by atomic mass is 13.8. The summed E-state index contributed by atoms with van der Waals surface area (Å²) in [4.78, 5) is 0. The van der Waals surface area contributed by atoms with Crippen LogP contribution < -0.4 is 0 Å². The van der Waals surface area contributed by atoms with Crippen molar-refractivity contribution in [3.05, 3.63) is 24.3 Å². The molecule has 0 fully saturated rings. The van der Waals surface area contributed by atoms with Gasteiger partial charge < -0.3 is 0 Å². The standard InChI is InChI=1S/C6H14.C6H10.C2H6/c2*1-3-5-6-4-2;1-2/h3-6H2,1-2H3;3-6H,1-2H3;1-2H3/b;5-3+,6-4+;. The third kappa shape index (κ3) is 42.0. The highest BCUT2D eigenvalue weighted by Crippen LogP contribution is 1.95. The quantitative estimate of drug-likeness (QED) is 0.398. The van der Waals surface area contributed by atoms with Crippen LogP contribution in [-0.2, 0) is 0 Å². The molecule has 0 N–H and O–H groups in total. The third-order valence-electron chi connectivity index (χ3n) is 1.45. The molecule has 0 heteroatoms. The average Bonchev–Trinajstić information content (AvgIpc) is 2.27. The van der Waals surface area contributed by atoms with Crippen molar-refractivity contribution in [1.29, 1.82) is 0 Å². The van der Waals surface area contributed by atoms with E-state index in [4.69, 9.17) is 0 Å². The number of hydrogen-bond acceptors (Lipinski definition) is 0. The molecule has 0 unspecified atom stereocenters. The third-order valence-corrected chi connectivity index (χ3v) is 1.45. The van der Waals surface area contributed by atoms with Gasteiger partial charge in [0.1, 0.15) is 0 Å². The summed E-state index contributed by atoms with van der Waals surface area (Å²) in [5.74, 6) is 0. The molecule has 0 saturated carbocycles. The summed E-state index contributed by atoms with van der Waals surface area (Å²) < 4.78 is 0. The highest BCUT2D eigenvalue weighted by molar-refractivity contribution is 4.98. The Morgan fingerprint density at radius 1 is 0.714 bits per heavy atom. The largest absolute Gasteiger partial charge is 0.0877 e. The van der Waals surface area contributed by atoms with Gasteiger partial charge >= 0.3 is 0 Å². The van der Waals surface area contributed by atoms with E-state index >= 15 is 0 Å². The topological polar surface area (TPSA) is 0 Å². The predicted octanol–water partition coefficient (Wildman–Crippen LogP) is 5.75. The molecule has 0 bridgehead atoms. The van der Waals surface area contributed by atoms with Crippen molar-refractivity contribution in [2.24, 2.45) is 0 Å². The van der Waals surface area contributed by atoms with E-state index in [9.17, 15) is 0 Å². The lowest BCUT2D eigenvalue weighted by Crippen LogP contribution is -1.66. The molecule has 0 atom stereocenters. The van der Waals surface area contributed by atoms with Crippen LogP contribution in [0.1, 0.15) is 67.2 Å². The zero-order valence-electron chi connectivity index (χ0n) is 11.1. The fourth-order valence-electron chi connectivity index (χ4n) is 0.722. The number of allylic oxidation sites excluding steroid dienone is 4. The molecule has 0 aromatic heterocycles. The van der Waals surface area contributed by atoms with Gasteiger partial charge in [-0.15, -0.1) is 0 Å². The van der Waals surface area contributed by atoms with E-state index in [1.807, 2.05) is 52.0 Å². The minimum Gasteiger partial charge on any atom is -0.0877 e. The molecule has 0 nitrogen and oxygen atoms in total. The smallest absolute Gasteiger partial charge is 0.0467 e. The highest BCUT2D eigenvalue weighted by Gasteiger charge is 1.75.